The van der Waals surface area contributed by atoms with E-state index in [1.165, 1.54) is 11.9 Å². The maximum atomic E-state index is 13.5. The minimum atomic E-state index is -4.52. The van der Waals surface area contributed by atoms with Crippen molar-refractivity contribution in [3.8, 4) is 0 Å². The molecule has 0 bridgehead atoms. The predicted molar refractivity (Wildman–Crippen MR) is 185 cm³/mol. The molecular weight excluding hydrogens is 729 g/mol. The number of aromatic nitrogens is 2. The molecule has 0 radical (unpaired) electrons. The van der Waals surface area contributed by atoms with E-state index in [-0.39, 0.29) is 60.3 Å². The second-order valence-corrected chi connectivity index (χ2v) is 14.7. The maximum absolute atomic E-state index is 13.5. The standard InChI is InChI=1S/C32H38ClF3N10O5S/c33-23-25(38)42-24(37)22(41-23)26(48)43-29-39-17-31(44-29)9-12-45(13-10-31)27(49)18-4-1-5-19(14-18)52-40-16-30(7-3-8-30)28(50)51-15-21(47)46-11-2-6-20(46)32(34,35)36/h1,4-5,14,20,40H,2-3,6-13,15-17H2,(H4,37,38,42)(H2,39,43,44,48). The van der Waals surface area contributed by atoms with Crippen LogP contribution in [0.2, 0.25) is 5.15 Å². The van der Waals surface area contributed by atoms with E-state index in [4.69, 9.17) is 27.8 Å². The second-order valence-electron chi connectivity index (χ2n) is 13.4. The lowest BCUT2D eigenvalue weighted by molar-refractivity contribution is -0.186. The number of nitrogens with two attached hydrogens (primary N) is 2. The van der Waals surface area contributed by atoms with Crippen LogP contribution in [0.1, 0.15) is 65.8 Å². The van der Waals surface area contributed by atoms with Gasteiger partial charge in [0.15, 0.2) is 35.0 Å². The zero-order chi connectivity index (χ0) is 37.3. The van der Waals surface area contributed by atoms with Crippen LogP contribution >= 0.6 is 23.5 Å². The van der Waals surface area contributed by atoms with E-state index in [1.54, 1.807) is 23.1 Å². The maximum Gasteiger partial charge on any atom is 0.408 e. The number of ether oxygens (including phenoxy) is 1. The van der Waals surface area contributed by atoms with Gasteiger partial charge in [0.05, 0.1) is 17.5 Å². The number of hydrogen-bond donors (Lipinski definition) is 5. The average molecular weight is 767 g/mol. The molecule has 4 aliphatic rings. The minimum absolute atomic E-state index is 0.0195. The average Bonchev–Trinajstić information content (AvgIpc) is 3.75. The third-order valence-electron chi connectivity index (χ3n) is 9.99. The molecule has 280 valence electrons. The second kappa shape index (κ2) is 14.9. The minimum Gasteiger partial charge on any atom is -0.455 e. The molecule has 3 amide bonds. The van der Waals surface area contributed by atoms with E-state index in [2.05, 4.69) is 30.3 Å². The fourth-order valence-electron chi connectivity index (χ4n) is 6.79. The van der Waals surface area contributed by atoms with Gasteiger partial charge in [-0.2, -0.15) is 13.2 Å². The number of guanidine groups is 1. The Morgan fingerprint density at radius 1 is 1.06 bits per heavy atom. The Bertz CT molecular complexity index is 1770. The van der Waals surface area contributed by atoms with Crippen molar-refractivity contribution in [3.63, 3.8) is 0 Å². The third kappa shape index (κ3) is 8.00. The van der Waals surface area contributed by atoms with Gasteiger partial charge < -0.3 is 31.3 Å². The van der Waals surface area contributed by atoms with E-state index < -0.39 is 47.6 Å². The molecular formula is C32H38ClF3N10O5S. The first-order chi connectivity index (χ1) is 24.7. The topological polar surface area (TPSA) is 210 Å². The van der Waals surface area contributed by atoms with Crippen molar-refractivity contribution in [2.24, 2.45) is 10.4 Å². The number of nitrogen functional groups attached to an aromatic ring is 2. The molecule has 3 aliphatic heterocycles. The molecule has 52 heavy (non-hydrogen) atoms. The Labute approximate surface area is 305 Å². The summed E-state index contributed by atoms with van der Waals surface area (Å²) in [6.45, 7) is 0.771. The lowest BCUT2D eigenvalue weighted by Crippen LogP contribution is -2.57. The molecule has 6 rings (SSSR count). The number of esters is 1. The number of alkyl halides is 3. The number of aliphatic imine (C=N–C) groups is 1. The Morgan fingerprint density at radius 3 is 2.50 bits per heavy atom. The Hall–Kier alpha value is -4.36. The lowest BCUT2D eigenvalue weighted by Gasteiger charge is -2.39. The van der Waals surface area contributed by atoms with E-state index in [1.807, 2.05) is 6.07 Å². The van der Waals surface area contributed by atoms with Crippen LogP contribution in [0.15, 0.2) is 34.2 Å². The van der Waals surface area contributed by atoms with Gasteiger partial charge in [-0.3, -0.25) is 34.2 Å². The zero-order valence-corrected chi connectivity index (χ0v) is 29.5. The SMILES string of the molecule is Nc1nc(N)c(C(=O)NC2=NCC3(CCN(C(=O)c4cccc(SNCC5(C(=O)OCC(=O)N6CCCC6C(F)(F)F)CCC5)c4)CC3)N2)nc1Cl. The molecule has 20 heteroatoms. The van der Waals surface area contributed by atoms with Crippen LogP contribution in [0.25, 0.3) is 0 Å². The molecule has 1 atom stereocenters. The number of amides is 3. The molecule has 1 spiro atoms. The summed E-state index contributed by atoms with van der Waals surface area (Å²) in [5.41, 5.74) is 10.3. The molecule has 1 saturated carbocycles. The molecule has 1 aliphatic carbocycles. The number of piperidine rings is 1. The predicted octanol–water partition coefficient (Wildman–Crippen LogP) is 2.52. The molecule has 1 aromatic heterocycles. The van der Waals surface area contributed by atoms with Crippen LogP contribution in [0, 0.1) is 5.41 Å². The molecule has 7 N–H and O–H groups in total. The summed E-state index contributed by atoms with van der Waals surface area (Å²) < 4.78 is 48.2. The summed E-state index contributed by atoms with van der Waals surface area (Å²) in [7, 11) is 0. The molecule has 1 unspecified atom stereocenters. The van der Waals surface area contributed by atoms with Gasteiger partial charge in [0.2, 0.25) is 0 Å². The fraction of sp³-hybridized carbons (Fsp3) is 0.531. The van der Waals surface area contributed by atoms with Gasteiger partial charge in [-0.25, -0.2) is 9.97 Å². The number of nitrogens with zero attached hydrogens (tertiary/aromatic N) is 5. The number of nitrogens with one attached hydrogen (secondary N) is 3. The Balaban J connectivity index is 0.956. The van der Waals surface area contributed by atoms with Crippen molar-refractivity contribution in [3.05, 3.63) is 40.7 Å². The van der Waals surface area contributed by atoms with Gasteiger partial charge in [0.1, 0.15) is 6.04 Å². The summed E-state index contributed by atoms with van der Waals surface area (Å²) in [5.74, 6) is -2.26. The number of carbonyl (C=O) groups excluding carboxylic acids is 4. The zero-order valence-electron chi connectivity index (χ0n) is 27.9. The normalized spacial score (nSPS) is 20.5. The number of carbonyl (C=O) groups is 4. The molecule has 2 saturated heterocycles. The molecule has 4 heterocycles. The van der Waals surface area contributed by atoms with Gasteiger partial charge in [0, 0.05) is 36.6 Å². The monoisotopic (exact) mass is 766 g/mol. The van der Waals surface area contributed by atoms with Crippen molar-refractivity contribution >= 4 is 64.8 Å². The van der Waals surface area contributed by atoms with Crippen molar-refractivity contribution in [2.45, 2.75) is 67.6 Å². The number of benzene rings is 1. The van der Waals surface area contributed by atoms with Crippen molar-refractivity contribution < 1.29 is 37.1 Å². The summed E-state index contributed by atoms with van der Waals surface area (Å²) in [4.78, 5) is 67.1. The van der Waals surface area contributed by atoms with Gasteiger partial charge >= 0.3 is 12.1 Å². The number of hydrogen-bond acceptors (Lipinski definition) is 13. The van der Waals surface area contributed by atoms with E-state index in [9.17, 15) is 32.3 Å². The van der Waals surface area contributed by atoms with E-state index in [0.29, 0.717) is 50.9 Å². The highest BCUT2D eigenvalue weighted by atomic mass is 35.5. The summed E-state index contributed by atoms with van der Waals surface area (Å²) in [6.07, 6.45) is -1.46. The van der Waals surface area contributed by atoms with Crippen LogP contribution in [-0.4, -0.2) is 107 Å². The number of halogens is 4. The van der Waals surface area contributed by atoms with Crippen LogP contribution in [0.4, 0.5) is 24.8 Å². The van der Waals surface area contributed by atoms with Gasteiger partial charge in [0.25, 0.3) is 17.7 Å². The van der Waals surface area contributed by atoms with Crippen molar-refractivity contribution in [2.75, 3.05) is 50.8 Å². The first-order valence-electron chi connectivity index (χ1n) is 16.7. The summed E-state index contributed by atoms with van der Waals surface area (Å²) >= 11 is 7.14. The highest BCUT2D eigenvalue weighted by Gasteiger charge is 2.49. The van der Waals surface area contributed by atoms with Crippen LogP contribution in [-0.2, 0) is 14.3 Å². The van der Waals surface area contributed by atoms with Crippen molar-refractivity contribution in [1.82, 2.24) is 35.1 Å². The first-order valence-corrected chi connectivity index (χ1v) is 17.9. The number of anilines is 2. The van der Waals surface area contributed by atoms with E-state index in [0.717, 1.165) is 16.2 Å². The molecule has 2 aromatic rings. The Morgan fingerprint density at radius 2 is 1.81 bits per heavy atom. The van der Waals surface area contributed by atoms with Gasteiger partial charge in [-0.1, -0.05) is 24.1 Å². The lowest BCUT2D eigenvalue weighted by atomic mass is 9.69. The molecule has 3 fully saturated rings. The fourth-order valence-corrected chi connectivity index (χ4v) is 7.76. The van der Waals surface area contributed by atoms with Gasteiger partial charge in [-0.15, -0.1) is 0 Å². The highest BCUT2D eigenvalue weighted by Crippen LogP contribution is 2.42. The van der Waals surface area contributed by atoms with Gasteiger partial charge in [-0.05, 0) is 68.7 Å². The van der Waals surface area contributed by atoms with Crippen LogP contribution < -0.4 is 26.8 Å². The highest BCUT2D eigenvalue weighted by molar-refractivity contribution is 7.97. The summed E-state index contributed by atoms with van der Waals surface area (Å²) in [5, 5.41) is 5.77. The number of likely N-dealkylation sites (tertiary alicyclic amines) is 2. The van der Waals surface area contributed by atoms with Crippen molar-refractivity contribution in [1.29, 1.82) is 0 Å². The van der Waals surface area contributed by atoms with Crippen LogP contribution in [0.5, 0.6) is 0 Å². The molecule has 15 nitrogen and oxygen atoms in total. The Kier molecular flexibility index (Phi) is 10.7. The van der Waals surface area contributed by atoms with E-state index >= 15 is 0 Å². The summed E-state index contributed by atoms with van der Waals surface area (Å²) in [6, 6.07) is 5.22. The molecule has 1 aromatic carbocycles. The quantitative estimate of drug-likeness (QED) is 0.184. The number of rotatable bonds is 9. The third-order valence-corrected chi connectivity index (χ3v) is 11.0. The first kappa shape index (κ1) is 37.4. The largest absolute Gasteiger partial charge is 0.455 e. The van der Waals surface area contributed by atoms with Crippen LogP contribution in [0.3, 0.4) is 0 Å². The smallest absolute Gasteiger partial charge is 0.408 e.